The smallest absolute Gasteiger partial charge is 0.233 e. The van der Waals surface area contributed by atoms with Gasteiger partial charge in [-0.15, -0.1) is 0 Å². The third kappa shape index (κ3) is 4.31. The lowest BCUT2D eigenvalue weighted by molar-refractivity contribution is -0.228. The molecule has 1 atom stereocenters. The Labute approximate surface area is 73.6 Å². The van der Waals surface area contributed by atoms with Gasteiger partial charge in [0.25, 0.3) is 0 Å². The van der Waals surface area contributed by atoms with E-state index in [1.807, 2.05) is 27.7 Å². The molecule has 72 valence electrons. The van der Waals surface area contributed by atoms with E-state index in [4.69, 9.17) is 10.6 Å². The van der Waals surface area contributed by atoms with Crippen molar-refractivity contribution in [3.8, 4) is 0 Å². The SMILES string of the molecule is CC(CN)N(C=O)OC(C)(C)C. The summed E-state index contributed by atoms with van der Waals surface area (Å²) in [7, 11) is 0. The fraction of sp³-hybridized carbons (Fsp3) is 0.875. The molecule has 0 heterocycles. The Bertz CT molecular complexity index is 142. The summed E-state index contributed by atoms with van der Waals surface area (Å²) in [6.07, 6.45) is 0.656. The van der Waals surface area contributed by atoms with Gasteiger partial charge in [0.15, 0.2) is 0 Å². The first-order valence-electron chi connectivity index (χ1n) is 4.03. The van der Waals surface area contributed by atoms with E-state index in [0.717, 1.165) is 0 Å². The number of amides is 1. The van der Waals surface area contributed by atoms with Gasteiger partial charge in [0, 0.05) is 6.54 Å². The summed E-state index contributed by atoms with van der Waals surface area (Å²) in [5, 5.41) is 1.25. The highest BCUT2D eigenvalue weighted by atomic mass is 16.7. The van der Waals surface area contributed by atoms with Crippen molar-refractivity contribution in [3.05, 3.63) is 0 Å². The van der Waals surface area contributed by atoms with Gasteiger partial charge in [-0.2, -0.15) is 0 Å². The summed E-state index contributed by atoms with van der Waals surface area (Å²) in [5.74, 6) is 0. The van der Waals surface area contributed by atoms with Crippen molar-refractivity contribution in [2.24, 2.45) is 5.73 Å². The minimum Gasteiger partial charge on any atom is -0.328 e. The minimum absolute atomic E-state index is 0.0817. The molecule has 1 amide bonds. The molecule has 0 aromatic heterocycles. The Kier molecular flexibility index (Phi) is 4.20. The van der Waals surface area contributed by atoms with Crippen molar-refractivity contribution in [1.82, 2.24) is 5.06 Å². The first-order valence-corrected chi connectivity index (χ1v) is 4.03. The molecule has 0 rings (SSSR count). The van der Waals surface area contributed by atoms with Crippen molar-refractivity contribution < 1.29 is 9.63 Å². The number of hydrogen-bond acceptors (Lipinski definition) is 3. The second kappa shape index (κ2) is 4.42. The van der Waals surface area contributed by atoms with Gasteiger partial charge < -0.3 is 5.73 Å². The van der Waals surface area contributed by atoms with E-state index in [9.17, 15) is 4.79 Å². The van der Waals surface area contributed by atoms with E-state index in [2.05, 4.69) is 0 Å². The maximum absolute atomic E-state index is 10.5. The second-order valence-electron chi connectivity index (χ2n) is 3.75. The van der Waals surface area contributed by atoms with Gasteiger partial charge in [0.2, 0.25) is 6.41 Å². The summed E-state index contributed by atoms with van der Waals surface area (Å²) >= 11 is 0. The molecule has 0 bridgehead atoms. The molecule has 0 aliphatic rings. The molecule has 0 fully saturated rings. The molecule has 1 unspecified atom stereocenters. The first-order chi connectivity index (χ1) is 5.40. The molecule has 0 saturated heterocycles. The van der Waals surface area contributed by atoms with Crippen LogP contribution in [-0.2, 0) is 9.63 Å². The van der Waals surface area contributed by atoms with Crippen LogP contribution in [0.4, 0.5) is 0 Å². The van der Waals surface area contributed by atoms with E-state index < -0.39 is 0 Å². The number of carbonyl (C=O) groups excluding carboxylic acids is 1. The van der Waals surface area contributed by atoms with Crippen molar-refractivity contribution in [2.45, 2.75) is 39.3 Å². The molecule has 0 aliphatic carbocycles. The summed E-state index contributed by atoms with van der Waals surface area (Å²) < 4.78 is 0. The van der Waals surface area contributed by atoms with E-state index >= 15 is 0 Å². The van der Waals surface area contributed by atoms with Crippen LogP contribution in [0.15, 0.2) is 0 Å². The summed E-state index contributed by atoms with van der Waals surface area (Å²) in [6, 6.07) is -0.0817. The van der Waals surface area contributed by atoms with E-state index in [1.54, 1.807) is 0 Å². The predicted octanol–water partition coefficient (Wildman–Crippen LogP) is 0.522. The highest BCUT2D eigenvalue weighted by Crippen LogP contribution is 2.10. The normalized spacial score (nSPS) is 14.1. The first kappa shape index (κ1) is 11.4. The number of rotatable bonds is 4. The third-order valence-electron chi connectivity index (χ3n) is 1.26. The topological polar surface area (TPSA) is 55.6 Å². The number of hydrogen-bond donors (Lipinski definition) is 1. The van der Waals surface area contributed by atoms with E-state index in [0.29, 0.717) is 13.0 Å². The van der Waals surface area contributed by atoms with Crippen LogP contribution in [0.5, 0.6) is 0 Å². The summed E-state index contributed by atoms with van der Waals surface area (Å²) in [4.78, 5) is 15.9. The van der Waals surface area contributed by atoms with Gasteiger partial charge in [-0.05, 0) is 27.7 Å². The zero-order valence-corrected chi connectivity index (χ0v) is 8.20. The molecule has 0 saturated carbocycles. The standard InChI is InChI=1S/C8H18N2O2/c1-7(5-9)10(6-11)12-8(2,3)4/h6-7H,5,9H2,1-4H3. The molecule has 4 heteroatoms. The van der Waals surface area contributed by atoms with Crippen LogP contribution < -0.4 is 5.73 Å². The largest absolute Gasteiger partial charge is 0.328 e. The Morgan fingerprint density at radius 3 is 2.33 bits per heavy atom. The van der Waals surface area contributed by atoms with Crippen LogP contribution in [-0.4, -0.2) is 29.7 Å². The second-order valence-corrected chi connectivity index (χ2v) is 3.75. The van der Waals surface area contributed by atoms with Crippen LogP contribution >= 0.6 is 0 Å². The Balaban J connectivity index is 4.08. The lowest BCUT2D eigenvalue weighted by atomic mass is 10.2. The van der Waals surface area contributed by atoms with Crippen molar-refractivity contribution in [1.29, 1.82) is 0 Å². The molecular formula is C8H18N2O2. The molecule has 0 aromatic carbocycles. The predicted molar refractivity (Wildman–Crippen MR) is 47.3 cm³/mol. The van der Waals surface area contributed by atoms with Crippen molar-refractivity contribution in [3.63, 3.8) is 0 Å². The van der Waals surface area contributed by atoms with Gasteiger partial charge in [0.1, 0.15) is 0 Å². The number of nitrogens with zero attached hydrogens (tertiary/aromatic N) is 1. The number of carbonyl (C=O) groups is 1. The monoisotopic (exact) mass is 174 g/mol. The molecular weight excluding hydrogens is 156 g/mol. The lowest BCUT2D eigenvalue weighted by Gasteiger charge is -2.30. The number of nitrogens with two attached hydrogens (primary N) is 1. The molecule has 0 radical (unpaired) electrons. The molecule has 2 N–H and O–H groups in total. The molecule has 0 spiro atoms. The van der Waals surface area contributed by atoms with Crippen LogP contribution in [0.2, 0.25) is 0 Å². The van der Waals surface area contributed by atoms with Gasteiger partial charge in [0.05, 0.1) is 11.6 Å². The molecule has 0 aliphatic heterocycles. The fourth-order valence-electron chi connectivity index (χ4n) is 0.635. The quantitative estimate of drug-likeness (QED) is 0.499. The maximum atomic E-state index is 10.5. The highest BCUT2D eigenvalue weighted by molar-refractivity contribution is 5.45. The minimum atomic E-state index is -0.357. The number of hydroxylamine groups is 2. The Hall–Kier alpha value is -0.610. The molecule has 12 heavy (non-hydrogen) atoms. The Morgan fingerprint density at radius 2 is 2.08 bits per heavy atom. The van der Waals surface area contributed by atoms with Gasteiger partial charge in [-0.1, -0.05) is 0 Å². The average molecular weight is 174 g/mol. The van der Waals surface area contributed by atoms with E-state index in [1.165, 1.54) is 5.06 Å². The van der Waals surface area contributed by atoms with Crippen molar-refractivity contribution in [2.75, 3.05) is 6.54 Å². The van der Waals surface area contributed by atoms with Gasteiger partial charge in [-0.25, -0.2) is 5.06 Å². The zero-order chi connectivity index (χ0) is 9.78. The van der Waals surface area contributed by atoms with Gasteiger partial charge in [-0.3, -0.25) is 9.63 Å². The Morgan fingerprint density at radius 1 is 1.58 bits per heavy atom. The maximum Gasteiger partial charge on any atom is 0.233 e. The molecule has 0 aromatic rings. The van der Waals surface area contributed by atoms with Crippen LogP contribution in [0.1, 0.15) is 27.7 Å². The average Bonchev–Trinajstić information content (AvgIpc) is 1.97. The van der Waals surface area contributed by atoms with Crippen molar-refractivity contribution >= 4 is 6.41 Å². The summed E-state index contributed by atoms with van der Waals surface area (Å²) in [6.45, 7) is 7.88. The summed E-state index contributed by atoms with van der Waals surface area (Å²) in [5.41, 5.74) is 5.03. The third-order valence-corrected chi connectivity index (χ3v) is 1.26. The van der Waals surface area contributed by atoms with Crippen LogP contribution in [0, 0.1) is 0 Å². The zero-order valence-electron chi connectivity index (χ0n) is 8.20. The van der Waals surface area contributed by atoms with Crippen LogP contribution in [0.3, 0.4) is 0 Å². The van der Waals surface area contributed by atoms with Crippen LogP contribution in [0.25, 0.3) is 0 Å². The molecule has 4 nitrogen and oxygen atoms in total. The highest BCUT2D eigenvalue weighted by Gasteiger charge is 2.19. The lowest BCUT2D eigenvalue weighted by Crippen LogP contribution is -2.42. The van der Waals surface area contributed by atoms with E-state index in [-0.39, 0.29) is 11.6 Å². The van der Waals surface area contributed by atoms with Gasteiger partial charge >= 0.3 is 0 Å². The fourth-order valence-corrected chi connectivity index (χ4v) is 0.635.